The molecule has 0 saturated heterocycles. The Morgan fingerprint density at radius 1 is 1.41 bits per heavy atom. The molecule has 2 N–H and O–H groups in total. The molecule has 17 heavy (non-hydrogen) atoms. The largest absolute Gasteiger partial charge is 0.399 e. The second-order valence-electron chi connectivity index (χ2n) is 3.82. The minimum Gasteiger partial charge on any atom is -0.399 e. The van der Waals surface area contributed by atoms with E-state index < -0.39 is 10.0 Å². The number of nitrogens with two attached hydrogens (primary N) is 1. The number of anilines is 1. The van der Waals surface area contributed by atoms with E-state index in [2.05, 4.69) is 0 Å². The Labute approximate surface area is 102 Å². The van der Waals surface area contributed by atoms with E-state index in [9.17, 15) is 8.42 Å². The van der Waals surface area contributed by atoms with Gasteiger partial charge >= 0.3 is 0 Å². The summed E-state index contributed by atoms with van der Waals surface area (Å²) in [5.41, 5.74) is 6.86. The number of hydrogen-bond donors (Lipinski definition) is 1. The molecule has 96 valence electrons. The normalized spacial score (nSPS) is 11.9. The van der Waals surface area contributed by atoms with Crippen LogP contribution in [-0.4, -0.2) is 40.0 Å². The van der Waals surface area contributed by atoms with Gasteiger partial charge in [-0.15, -0.1) is 0 Å². The zero-order valence-electron chi connectivity index (χ0n) is 10.1. The second-order valence-corrected chi connectivity index (χ2v) is 5.89. The van der Waals surface area contributed by atoms with Crippen molar-refractivity contribution in [1.82, 2.24) is 4.31 Å². The summed E-state index contributed by atoms with van der Waals surface area (Å²) in [5.74, 6) is -0.0434. The molecule has 6 heteroatoms. The van der Waals surface area contributed by atoms with E-state index in [0.717, 1.165) is 0 Å². The van der Waals surface area contributed by atoms with Gasteiger partial charge < -0.3 is 10.5 Å². The van der Waals surface area contributed by atoms with E-state index in [4.69, 9.17) is 10.5 Å². The van der Waals surface area contributed by atoms with Crippen molar-refractivity contribution in [3.63, 3.8) is 0 Å². The molecule has 0 heterocycles. The molecule has 0 amide bonds. The predicted octanol–water partition coefficient (Wildman–Crippen LogP) is 0.677. The maximum absolute atomic E-state index is 11.9. The smallest absolute Gasteiger partial charge is 0.218 e. The molecular weight excluding hydrogens is 240 g/mol. The Hall–Kier alpha value is -1.11. The lowest BCUT2D eigenvalue weighted by atomic mass is 10.2. The maximum Gasteiger partial charge on any atom is 0.218 e. The van der Waals surface area contributed by atoms with Crippen molar-refractivity contribution in [2.24, 2.45) is 0 Å². The molecule has 0 radical (unpaired) electrons. The third-order valence-electron chi connectivity index (χ3n) is 2.39. The molecule has 0 bridgehead atoms. The van der Waals surface area contributed by atoms with E-state index in [1.165, 1.54) is 4.31 Å². The molecule has 0 fully saturated rings. The minimum atomic E-state index is -3.30. The summed E-state index contributed by atoms with van der Waals surface area (Å²) in [4.78, 5) is 0. The molecule has 1 aromatic carbocycles. The monoisotopic (exact) mass is 258 g/mol. The lowest BCUT2D eigenvalue weighted by molar-refractivity contribution is 0.185. The van der Waals surface area contributed by atoms with Gasteiger partial charge in [0.1, 0.15) is 0 Å². The lowest BCUT2D eigenvalue weighted by Gasteiger charge is -2.16. The summed E-state index contributed by atoms with van der Waals surface area (Å²) in [6, 6.07) is 6.89. The highest BCUT2D eigenvalue weighted by molar-refractivity contribution is 7.88. The van der Waals surface area contributed by atoms with Crippen LogP contribution in [0.5, 0.6) is 0 Å². The first kappa shape index (κ1) is 14.0. The van der Waals surface area contributed by atoms with Gasteiger partial charge in [-0.2, -0.15) is 0 Å². The maximum atomic E-state index is 11.9. The molecule has 5 nitrogen and oxygen atoms in total. The van der Waals surface area contributed by atoms with Crippen molar-refractivity contribution in [3.8, 4) is 0 Å². The van der Waals surface area contributed by atoms with Crippen molar-refractivity contribution in [2.45, 2.75) is 5.75 Å². The van der Waals surface area contributed by atoms with Crippen LogP contribution in [0.15, 0.2) is 24.3 Å². The summed E-state index contributed by atoms with van der Waals surface area (Å²) in [6.45, 7) is 0.730. The van der Waals surface area contributed by atoms with Gasteiger partial charge in [0.05, 0.1) is 12.4 Å². The van der Waals surface area contributed by atoms with Gasteiger partial charge in [-0.1, -0.05) is 12.1 Å². The van der Waals surface area contributed by atoms with Gasteiger partial charge in [-0.25, -0.2) is 12.7 Å². The first-order chi connectivity index (χ1) is 7.95. The fourth-order valence-electron chi connectivity index (χ4n) is 1.36. The number of ether oxygens (including phenoxy) is 1. The summed E-state index contributed by atoms with van der Waals surface area (Å²) < 4.78 is 30.0. The van der Waals surface area contributed by atoms with Crippen LogP contribution in [-0.2, 0) is 20.5 Å². The number of rotatable bonds is 6. The molecule has 0 aromatic heterocycles. The van der Waals surface area contributed by atoms with E-state index in [1.54, 1.807) is 38.4 Å². The number of sulfonamides is 1. The topological polar surface area (TPSA) is 72.6 Å². The molecule has 1 rings (SSSR count). The van der Waals surface area contributed by atoms with E-state index >= 15 is 0 Å². The predicted molar refractivity (Wildman–Crippen MR) is 68.0 cm³/mol. The van der Waals surface area contributed by atoms with Crippen molar-refractivity contribution < 1.29 is 13.2 Å². The zero-order valence-corrected chi connectivity index (χ0v) is 10.9. The van der Waals surface area contributed by atoms with Gasteiger partial charge in [0, 0.05) is 26.4 Å². The summed E-state index contributed by atoms with van der Waals surface area (Å²) in [5, 5.41) is 0. The number of methoxy groups -OCH3 is 1. The summed E-state index contributed by atoms with van der Waals surface area (Å²) >= 11 is 0. The zero-order chi connectivity index (χ0) is 12.9. The van der Waals surface area contributed by atoms with Gasteiger partial charge in [0.15, 0.2) is 0 Å². The van der Waals surface area contributed by atoms with Crippen LogP contribution in [0.4, 0.5) is 5.69 Å². The average Bonchev–Trinajstić information content (AvgIpc) is 2.25. The molecule has 0 spiro atoms. The summed E-state index contributed by atoms with van der Waals surface area (Å²) in [6.07, 6.45) is 0. The molecular formula is C11H18N2O3S. The standard InChI is InChI=1S/C11H18N2O3S/c1-13(6-7-16-2)17(14,15)9-10-4-3-5-11(12)8-10/h3-5,8H,6-7,9,12H2,1-2H3. The average molecular weight is 258 g/mol. The van der Waals surface area contributed by atoms with E-state index in [-0.39, 0.29) is 5.75 Å². The second kappa shape index (κ2) is 6.00. The van der Waals surface area contributed by atoms with Crippen LogP contribution in [0, 0.1) is 0 Å². The Balaban J connectivity index is 2.72. The fourth-order valence-corrected chi connectivity index (χ4v) is 2.54. The van der Waals surface area contributed by atoms with Crippen molar-refractivity contribution in [3.05, 3.63) is 29.8 Å². The first-order valence-electron chi connectivity index (χ1n) is 5.23. The molecule has 0 atom stereocenters. The van der Waals surface area contributed by atoms with Crippen LogP contribution in [0.1, 0.15) is 5.56 Å². The molecule has 0 unspecified atom stereocenters. The molecule has 0 saturated carbocycles. The van der Waals surface area contributed by atoms with Gasteiger partial charge in [-0.05, 0) is 17.7 Å². The van der Waals surface area contributed by atoms with Gasteiger partial charge in [-0.3, -0.25) is 0 Å². The van der Waals surface area contributed by atoms with Crippen molar-refractivity contribution >= 4 is 15.7 Å². The number of benzene rings is 1. The van der Waals surface area contributed by atoms with Crippen molar-refractivity contribution in [2.75, 3.05) is 33.0 Å². The molecule has 1 aromatic rings. The van der Waals surface area contributed by atoms with Crippen molar-refractivity contribution in [1.29, 1.82) is 0 Å². The number of likely N-dealkylation sites (N-methyl/N-ethyl adjacent to an activating group) is 1. The van der Waals surface area contributed by atoms with Gasteiger partial charge in [0.2, 0.25) is 10.0 Å². The van der Waals surface area contributed by atoms with Gasteiger partial charge in [0.25, 0.3) is 0 Å². The highest BCUT2D eigenvalue weighted by Gasteiger charge is 2.17. The van der Waals surface area contributed by atoms with Crippen LogP contribution >= 0.6 is 0 Å². The summed E-state index contributed by atoms with van der Waals surface area (Å²) in [7, 11) is -0.222. The highest BCUT2D eigenvalue weighted by Crippen LogP contribution is 2.12. The molecule has 0 aliphatic heterocycles. The quantitative estimate of drug-likeness (QED) is 0.761. The third kappa shape index (κ3) is 4.33. The first-order valence-corrected chi connectivity index (χ1v) is 6.84. The Kier molecular flexibility index (Phi) is 4.92. The number of nitrogen functional groups attached to an aromatic ring is 1. The van der Waals surface area contributed by atoms with E-state index in [1.807, 2.05) is 0 Å². The third-order valence-corrected chi connectivity index (χ3v) is 4.22. The number of hydrogen-bond acceptors (Lipinski definition) is 4. The SMILES string of the molecule is COCCN(C)S(=O)(=O)Cc1cccc(N)c1. The Bertz CT molecular complexity index is 460. The lowest BCUT2D eigenvalue weighted by Crippen LogP contribution is -2.31. The minimum absolute atomic E-state index is 0.0434. The van der Waals surface area contributed by atoms with Crippen LogP contribution in [0.3, 0.4) is 0 Å². The highest BCUT2D eigenvalue weighted by atomic mass is 32.2. The number of nitrogens with zero attached hydrogens (tertiary/aromatic N) is 1. The molecule has 0 aliphatic carbocycles. The molecule has 0 aliphatic rings. The van der Waals surface area contributed by atoms with E-state index in [0.29, 0.717) is 24.4 Å². The van der Waals surface area contributed by atoms with Crippen LogP contribution in [0.25, 0.3) is 0 Å². The van der Waals surface area contributed by atoms with Crippen LogP contribution in [0.2, 0.25) is 0 Å². The van der Waals surface area contributed by atoms with Crippen LogP contribution < -0.4 is 5.73 Å². The fraction of sp³-hybridized carbons (Fsp3) is 0.455. The Morgan fingerprint density at radius 2 is 2.12 bits per heavy atom. The Morgan fingerprint density at radius 3 is 2.71 bits per heavy atom.